The van der Waals surface area contributed by atoms with E-state index in [4.69, 9.17) is 23.2 Å². The van der Waals surface area contributed by atoms with E-state index in [2.05, 4.69) is 101 Å². The lowest BCUT2D eigenvalue weighted by atomic mass is 9.81. The van der Waals surface area contributed by atoms with Crippen LogP contribution in [0.5, 0.6) is 0 Å². The van der Waals surface area contributed by atoms with Crippen molar-refractivity contribution in [1.29, 1.82) is 0 Å². The number of ketones is 1. The van der Waals surface area contributed by atoms with Crippen molar-refractivity contribution in [1.82, 2.24) is 49.3 Å². The van der Waals surface area contributed by atoms with Gasteiger partial charge in [0.1, 0.15) is 25.3 Å². The molecule has 0 radical (unpaired) electrons. The number of nitrogens with zero attached hydrogens (tertiary/aromatic N) is 9. The first-order chi connectivity index (χ1) is 37.3. The van der Waals surface area contributed by atoms with Crippen LogP contribution in [0.25, 0.3) is 33.2 Å². The second-order valence-electron chi connectivity index (χ2n) is 20.0. The third-order valence-electron chi connectivity index (χ3n) is 15.1. The zero-order valence-electron chi connectivity index (χ0n) is 42.7. The highest BCUT2D eigenvalue weighted by Crippen LogP contribution is 2.42. The fourth-order valence-corrected chi connectivity index (χ4v) is 11.9. The van der Waals surface area contributed by atoms with Crippen LogP contribution in [-0.4, -0.2) is 67.2 Å². The molecule has 10 aromatic rings. The van der Waals surface area contributed by atoms with Gasteiger partial charge in [0.25, 0.3) is 11.8 Å². The Labute approximate surface area is 453 Å². The SMILES string of the molecule is C/C(=N/O)c1c2n(c3ccc(C)cc13)C[C@@](NC(=O)c1ccc(-n3cnnc3)cc1Cl)(c1ccccc1)CC2.CC(=O)c1c2n(c3ccc(C)cc13)C[C@@](NC(=O)c1ccc(-n3cnnc3)cc1Cl)(c1ccccc1)CC2. The number of rotatable bonds is 10. The molecule has 0 aliphatic carbocycles. The molecule has 2 amide bonds. The molecule has 3 N–H and O–H groups in total. The minimum Gasteiger partial charge on any atom is -0.411 e. The molecule has 0 spiro atoms. The molecule has 0 fully saturated rings. The topological polar surface area (TPSA) is 179 Å². The highest BCUT2D eigenvalue weighted by molar-refractivity contribution is 6.34. The summed E-state index contributed by atoms with van der Waals surface area (Å²) < 4.78 is 7.92. The molecule has 386 valence electrons. The molecule has 6 heterocycles. The zero-order valence-corrected chi connectivity index (χ0v) is 44.2. The van der Waals surface area contributed by atoms with Crippen LogP contribution in [-0.2, 0) is 37.0 Å². The van der Waals surface area contributed by atoms with Crippen molar-refractivity contribution in [2.75, 3.05) is 0 Å². The number of aromatic nitrogens is 8. The molecule has 6 aromatic carbocycles. The third kappa shape index (κ3) is 9.35. The number of Topliss-reactive ketones (excluding diaryl/α,β-unsaturated/α-hetero) is 1. The number of fused-ring (bicyclic) bond motifs is 6. The van der Waals surface area contributed by atoms with Crippen LogP contribution in [0.4, 0.5) is 0 Å². The average molecular weight is 1060 g/mol. The van der Waals surface area contributed by atoms with Crippen molar-refractivity contribution in [3.63, 3.8) is 0 Å². The molecular formula is C60H53Cl2N11O4. The molecule has 15 nitrogen and oxygen atoms in total. The molecule has 0 saturated carbocycles. The van der Waals surface area contributed by atoms with Gasteiger partial charge in [0, 0.05) is 55.7 Å². The normalized spacial score (nSPS) is 17.0. The van der Waals surface area contributed by atoms with Crippen LogP contribution in [0.2, 0.25) is 10.0 Å². The monoisotopic (exact) mass is 1060 g/mol. The Balaban J connectivity index is 0.000000164. The van der Waals surface area contributed by atoms with Crippen LogP contribution >= 0.6 is 23.2 Å². The minimum atomic E-state index is -0.688. The molecule has 0 saturated heterocycles. The molecule has 0 unspecified atom stereocenters. The standard InChI is InChI=1S/C30H27ClN6O2.C30H26ClN5O2/c1-19-8-11-26-24(14-19)28(20(2)35-39)27-12-13-30(16-37(26)27,21-6-4-3-5-7-21)34-29(38)23-10-9-22(15-25(23)31)36-17-32-33-18-36;1-19-8-11-26-24(14-19)28(20(2)37)27-12-13-30(16-36(26)27,21-6-4-3-5-7-21)34-29(38)23-10-9-22(15-25(23)31)35-17-32-33-18-35/h3-11,14-15,17-18,39H,12-13,16H2,1-2H3,(H,34,38);3-11,14-15,17-18H,12-13,16H2,1-2H3,(H,34,38)/b35-20-;/t2*30-/m11/s1. The lowest BCUT2D eigenvalue weighted by molar-refractivity contribution is 0.0859. The van der Waals surface area contributed by atoms with Gasteiger partial charge in [-0.15, -0.1) is 20.4 Å². The number of carbonyl (C=O) groups excluding carboxylic acids is 3. The summed E-state index contributed by atoms with van der Waals surface area (Å²) in [7, 11) is 0. The fourth-order valence-electron chi connectivity index (χ4n) is 11.4. The molecule has 77 heavy (non-hydrogen) atoms. The molecule has 12 rings (SSSR count). The number of hydrogen-bond donors (Lipinski definition) is 3. The summed E-state index contributed by atoms with van der Waals surface area (Å²) in [6.07, 6.45) is 8.96. The Bertz CT molecular complexity index is 3930. The van der Waals surface area contributed by atoms with Crippen molar-refractivity contribution in [3.8, 4) is 11.4 Å². The summed E-state index contributed by atoms with van der Waals surface area (Å²) in [5.74, 6) is -0.439. The molecule has 4 aromatic heterocycles. The Morgan fingerprint density at radius 3 is 1.38 bits per heavy atom. The third-order valence-corrected chi connectivity index (χ3v) is 15.8. The van der Waals surface area contributed by atoms with E-state index >= 15 is 0 Å². The maximum atomic E-state index is 13.8. The summed E-state index contributed by atoms with van der Waals surface area (Å²) >= 11 is 13.2. The van der Waals surface area contributed by atoms with Gasteiger partial charge in [0.2, 0.25) is 0 Å². The average Bonchev–Trinajstić information content (AvgIpc) is 4.36. The Morgan fingerprint density at radius 1 is 0.558 bits per heavy atom. The summed E-state index contributed by atoms with van der Waals surface area (Å²) in [6.45, 7) is 8.56. The van der Waals surface area contributed by atoms with Gasteiger partial charge in [0.15, 0.2) is 5.78 Å². The van der Waals surface area contributed by atoms with Crippen LogP contribution in [0.15, 0.2) is 164 Å². The lowest BCUT2D eigenvalue weighted by Crippen LogP contribution is -2.51. The fraction of sp³-hybridized carbons (Fsp3) is 0.200. The largest absolute Gasteiger partial charge is 0.411 e. The number of benzene rings is 6. The number of nitrogens with one attached hydrogen (secondary N) is 2. The quantitative estimate of drug-likeness (QED) is 0.0524. The number of halogens is 2. The predicted molar refractivity (Wildman–Crippen MR) is 298 cm³/mol. The maximum absolute atomic E-state index is 13.8. The van der Waals surface area contributed by atoms with E-state index in [0.29, 0.717) is 65.7 Å². The molecule has 0 bridgehead atoms. The predicted octanol–water partition coefficient (Wildman–Crippen LogP) is 11.3. The summed E-state index contributed by atoms with van der Waals surface area (Å²) in [5.41, 5.74) is 11.7. The Kier molecular flexibility index (Phi) is 13.4. The van der Waals surface area contributed by atoms with E-state index in [-0.39, 0.29) is 17.6 Å². The van der Waals surface area contributed by atoms with Gasteiger partial charge < -0.3 is 25.0 Å². The highest BCUT2D eigenvalue weighted by atomic mass is 35.5. The number of oxime groups is 1. The van der Waals surface area contributed by atoms with Gasteiger partial charge in [-0.05, 0) is 125 Å². The van der Waals surface area contributed by atoms with Crippen molar-refractivity contribution >= 4 is 68.3 Å². The van der Waals surface area contributed by atoms with E-state index in [1.54, 1.807) is 65.6 Å². The van der Waals surface area contributed by atoms with E-state index in [1.807, 2.05) is 74.5 Å². The van der Waals surface area contributed by atoms with Crippen LogP contribution < -0.4 is 10.6 Å². The number of carbonyl (C=O) groups is 3. The number of aryl methyl sites for hydroxylation is 2. The Hall–Kier alpha value is -8.66. The maximum Gasteiger partial charge on any atom is 0.253 e. The summed E-state index contributed by atoms with van der Waals surface area (Å²) in [4.78, 5) is 40.3. The van der Waals surface area contributed by atoms with Gasteiger partial charge in [0.05, 0.1) is 51.1 Å². The van der Waals surface area contributed by atoms with Gasteiger partial charge in [-0.1, -0.05) is 112 Å². The second kappa shape index (κ2) is 20.5. The van der Waals surface area contributed by atoms with Crippen LogP contribution in [0, 0.1) is 13.8 Å². The Morgan fingerprint density at radius 2 is 0.974 bits per heavy atom. The smallest absolute Gasteiger partial charge is 0.253 e. The lowest BCUT2D eigenvalue weighted by Gasteiger charge is -2.40. The van der Waals surface area contributed by atoms with Gasteiger partial charge in [-0.2, -0.15) is 0 Å². The van der Waals surface area contributed by atoms with E-state index < -0.39 is 11.1 Å². The van der Waals surface area contributed by atoms with Crippen molar-refractivity contribution < 1.29 is 19.6 Å². The van der Waals surface area contributed by atoms with Crippen molar-refractivity contribution in [3.05, 3.63) is 225 Å². The van der Waals surface area contributed by atoms with E-state index in [0.717, 1.165) is 77.9 Å². The summed E-state index contributed by atoms with van der Waals surface area (Å²) in [6, 6.07) is 43.2. The highest BCUT2D eigenvalue weighted by Gasteiger charge is 2.42. The van der Waals surface area contributed by atoms with Crippen LogP contribution in [0.3, 0.4) is 0 Å². The van der Waals surface area contributed by atoms with Gasteiger partial charge >= 0.3 is 0 Å². The first kappa shape index (κ1) is 50.5. The molecule has 17 heteroatoms. The van der Waals surface area contributed by atoms with Crippen molar-refractivity contribution in [2.45, 2.75) is 77.5 Å². The first-order valence-electron chi connectivity index (χ1n) is 25.2. The number of amides is 2. The van der Waals surface area contributed by atoms with E-state index in [1.165, 1.54) is 0 Å². The molecular weight excluding hydrogens is 1010 g/mol. The summed E-state index contributed by atoms with van der Waals surface area (Å²) in [5, 5.41) is 38.0. The van der Waals surface area contributed by atoms with Gasteiger partial charge in [-0.3, -0.25) is 23.5 Å². The zero-order chi connectivity index (χ0) is 53.6. The van der Waals surface area contributed by atoms with Crippen molar-refractivity contribution in [2.24, 2.45) is 5.16 Å². The minimum absolute atomic E-state index is 0.0607. The van der Waals surface area contributed by atoms with E-state index in [9.17, 15) is 19.6 Å². The molecule has 2 aliphatic rings. The first-order valence-corrected chi connectivity index (χ1v) is 26.0. The number of hydrogen-bond acceptors (Lipinski definition) is 9. The van der Waals surface area contributed by atoms with Gasteiger partial charge in [-0.25, -0.2) is 0 Å². The van der Waals surface area contributed by atoms with Crippen LogP contribution in [0.1, 0.15) is 97.0 Å². The molecule has 2 atom stereocenters. The molecule has 2 aliphatic heterocycles. The second-order valence-corrected chi connectivity index (χ2v) is 20.8.